The lowest BCUT2D eigenvalue weighted by atomic mass is 9.73. The second-order valence-electron chi connectivity index (χ2n) is 7.64. The first-order chi connectivity index (χ1) is 10.8. The number of hydrogen-bond donors (Lipinski definition) is 2. The smallest absolute Gasteiger partial charge is 0.245 e. The van der Waals surface area contributed by atoms with Crippen LogP contribution in [0.3, 0.4) is 0 Å². The first-order valence-electron chi connectivity index (χ1n) is 8.70. The van der Waals surface area contributed by atoms with Crippen molar-refractivity contribution in [3.05, 3.63) is 12.7 Å². The van der Waals surface area contributed by atoms with E-state index < -0.39 is 5.60 Å². The Morgan fingerprint density at radius 2 is 1.87 bits per heavy atom. The van der Waals surface area contributed by atoms with Crippen molar-refractivity contribution in [2.75, 3.05) is 19.6 Å². The van der Waals surface area contributed by atoms with Gasteiger partial charge in [-0.2, -0.15) is 0 Å². The molecule has 1 aliphatic carbocycles. The minimum absolute atomic E-state index is 0.0436. The number of carbonyl (C=O) groups excluding carboxylic acids is 2. The highest BCUT2D eigenvalue weighted by atomic mass is 16.3. The van der Waals surface area contributed by atoms with Crippen LogP contribution in [0.5, 0.6) is 0 Å². The molecule has 0 radical (unpaired) electrons. The van der Waals surface area contributed by atoms with E-state index in [2.05, 4.69) is 11.9 Å². The van der Waals surface area contributed by atoms with Crippen molar-refractivity contribution in [1.29, 1.82) is 0 Å². The molecule has 0 unspecified atom stereocenters. The average Bonchev–Trinajstić information content (AvgIpc) is 3.00. The summed E-state index contributed by atoms with van der Waals surface area (Å²) < 4.78 is 0. The molecule has 0 atom stereocenters. The Labute approximate surface area is 139 Å². The summed E-state index contributed by atoms with van der Waals surface area (Å²) in [6.45, 7) is 9.27. The van der Waals surface area contributed by atoms with Crippen molar-refractivity contribution >= 4 is 11.8 Å². The van der Waals surface area contributed by atoms with Gasteiger partial charge in [0.2, 0.25) is 11.8 Å². The monoisotopic (exact) mass is 322 g/mol. The SMILES string of the molecule is C=CC(=O)N1CCC(C(=O)NCC(C)(C)C2(O)CCCC2)CC1. The molecule has 5 heteroatoms. The molecule has 0 aromatic heterocycles. The van der Waals surface area contributed by atoms with Crippen molar-refractivity contribution in [2.45, 2.75) is 58.0 Å². The third-order valence-electron chi connectivity index (χ3n) is 5.75. The van der Waals surface area contributed by atoms with Crippen LogP contribution in [0.2, 0.25) is 0 Å². The fourth-order valence-electron chi connectivity index (χ4n) is 3.74. The van der Waals surface area contributed by atoms with Gasteiger partial charge in [-0.3, -0.25) is 9.59 Å². The quantitative estimate of drug-likeness (QED) is 0.759. The van der Waals surface area contributed by atoms with Gasteiger partial charge in [-0.05, 0) is 31.8 Å². The molecule has 5 nitrogen and oxygen atoms in total. The normalized spacial score (nSPS) is 22.0. The number of hydrogen-bond acceptors (Lipinski definition) is 3. The summed E-state index contributed by atoms with van der Waals surface area (Å²) in [5.74, 6) is -0.0586. The Kier molecular flexibility index (Phi) is 5.50. The molecule has 0 aromatic rings. The molecule has 1 saturated carbocycles. The van der Waals surface area contributed by atoms with Gasteiger partial charge >= 0.3 is 0 Å². The van der Waals surface area contributed by atoms with Gasteiger partial charge in [0, 0.05) is 31.0 Å². The van der Waals surface area contributed by atoms with E-state index in [-0.39, 0.29) is 23.1 Å². The predicted molar refractivity (Wildman–Crippen MR) is 89.7 cm³/mol. The van der Waals surface area contributed by atoms with Gasteiger partial charge in [0.05, 0.1) is 5.60 Å². The fraction of sp³-hybridized carbons (Fsp3) is 0.778. The van der Waals surface area contributed by atoms with Gasteiger partial charge in [-0.25, -0.2) is 0 Å². The van der Waals surface area contributed by atoms with Crippen molar-refractivity contribution in [3.8, 4) is 0 Å². The highest BCUT2D eigenvalue weighted by Crippen LogP contribution is 2.43. The number of nitrogens with zero attached hydrogens (tertiary/aromatic N) is 1. The minimum atomic E-state index is -0.667. The summed E-state index contributed by atoms with van der Waals surface area (Å²) in [7, 11) is 0. The van der Waals surface area contributed by atoms with E-state index in [1.54, 1.807) is 4.90 Å². The fourth-order valence-corrected chi connectivity index (χ4v) is 3.74. The Morgan fingerprint density at radius 1 is 1.30 bits per heavy atom. The van der Waals surface area contributed by atoms with E-state index in [0.717, 1.165) is 25.7 Å². The van der Waals surface area contributed by atoms with Gasteiger partial charge in [0.15, 0.2) is 0 Å². The maximum Gasteiger partial charge on any atom is 0.245 e. The molecule has 1 aliphatic heterocycles. The number of nitrogens with one attached hydrogen (secondary N) is 1. The van der Waals surface area contributed by atoms with Crippen molar-refractivity contribution in [2.24, 2.45) is 11.3 Å². The van der Waals surface area contributed by atoms with Gasteiger partial charge in [0.25, 0.3) is 0 Å². The molecule has 0 spiro atoms. The van der Waals surface area contributed by atoms with Crippen LogP contribution < -0.4 is 5.32 Å². The summed E-state index contributed by atoms with van der Waals surface area (Å²) in [5, 5.41) is 13.8. The van der Waals surface area contributed by atoms with E-state index >= 15 is 0 Å². The van der Waals surface area contributed by atoms with Crippen LogP contribution in [0.25, 0.3) is 0 Å². The maximum atomic E-state index is 12.4. The molecule has 1 heterocycles. The van der Waals surface area contributed by atoms with Crippen LogP contribution in [0.15, 0.2) is 12.7 Å². The van der Waals surface area contributed by atoms with E-state index in [0.29, 0.717) is 32.5 Å². The average molecular weight is 322 g/mol. The second-order valence-corrected chi connectivity index (χ2v) is 7.64. The summed E-state index contributed by atoms with van der Waals surface area (Å²) in [6, 6.07) is 0. The van der Waals surface area contributed by atoms with E-state index in [1.165, 1.54) is 6.08 Å². The highest BCUT2D eigenvalue weighted by Gasteiger charge is 2.45. The number of amides is 2. The van der Waals surface area contributed by atoms with Crippen LogP contribution in [-0.2, 0) is 9.59 Å². The summed E-state index contributed by atoms with van der Waals surface area (Å²) in [6.07, 6.45) is 6.46. The van der Waals surface area contributed by atoms with Crippen LogP contribution in [-0.4, -0.2) is 47.1 Å². The van der Waals surface area contributed by atoms with Gasteiger partial charge in [0.1, 0.15) is 0 Å². The lowest BCUT2D eigenvalue weighted by molar-refractivity contribution is -0.133. The van der Waals surface area contributed by atoms with Crippen molar-refractivity contribution in [3.63, 3.8) is 0 Å². The van der Waals surface area contributed by atoms with E-state index in [4.69, 9.17) is 0 Å². The molecule has 0 aromatic carbocycles. The maximum absolute atomic E-state index is 12.4. The molecule has 2 amide bonds. The summed E-state index contributed by atoms with van der Waals surface area (Å²) >= 11 is 0. The van der Waals surface area contributed by atoms with Crippen molar-refractivity contribution in [1.82, 2.24) is 10.2 Å². The third-order valence-corrected chi connectivity index (χ3v) is 5.75. The highest BCUT2D eigenvalue weighted by molar-refractivity contribution is 5.87. The Balaban J connectivity index is 1.81. The zero-order valence-corrected chi connectivity index (χ0v) is 14.4. The molecular weight excluding hydrogens is 292 g/mol. The van der Waals surface area contributed by atoms with Crippen LogP contribution in [0.4, 0.5) is 0 Å². The number of likely N-dealkylation sites (tertiary alicyclic amines) is 1. The molecule has 1 saturated heterocycles. The van der Waals surface area contributed by atoms with Gasteiger partial charge in [-0.1, -0.05) is 33.3 Å². The largest absolute Gasteiger partial charge is 0.389 e. The van der Waals surface area contributed by atoms with Crippen LogP contribution in [0.1, 0.15) is 52.4 Å². The van der Waals surface area contributed by atoms with Crippen molar-refractivity contribution < 1.29 is 14.7 Å². The second kappa shape index (κ2) is 7.04. The first-order valence-corrected chi connectivity index (χ1v) is 8.70. The van der Waals surface area contributed by atoms with Gasteiger partial charge in [-0.15, -0.1) is 0 Å². The van der Waals surface area contributed by atoms with Crippen LogP contribution >= 0.6 is 0 Å². The summed E-state index contributed by atoms with van der Waals surface area (Å²) in [5.41, 5.74) is -0.987. The standard InChI is InChI=1S/C18H30N2O3/c1-4-15(21)20-11-7-14(8-12-20)16(22)19-13-17(2,3)18(23)9-5-6-10-18/h4,14,23H,1,5-13H2,2-3H3,(H,19,22). The zero-order chi connectivity index (χ0) is 17.1. The van der Waals surface area contributed by atoms with Crippen LogP contribution in [0, 0.1) is 11.3 Å². The molecule has 0 bridgehead atoms. The molecule has 2 fully saturated rings. The molecule has 2 N–H and O–H groups in total. The van der Waals surface area contributed by atoms with E-state index in [9.17, 15) is 14.7 Å². The Hall–Kier alpha value is -1.36. The number of piperidine rings is 1. The Morgan fingerprint density at radius 3 is 2.39 bits per heavy atom. The number of aliphatic hydroxyl groups is 1. The third kappa shape index (κ3) is 3.94. The predicted octanol–water partition coefficient (Wildman–Crippen LogP) is 1.86. The lowest BCUT2D eigenvalue weighted by Gasteiger charge is -2.40. The molecule has 23 heavy (non-hydrogen) atoms. The molecular formula is C18H30N2O3. The molecule has 2 aliphatic rings. The van der Waals surface area contributed by atoms with Gasteiger partial charge < -0.3 is 15.3 Å². The first kappa shape index (κ1) is 18.0. The lowest BCUT2D eigenvalue weighted by Crippen LogP contribution is -2.51. The molecule has 130 valence electrons. The topological polar surface area (TPSA) is 69.6 Å². The summed E-state index contributed by atoms with van der Waals surface area (Å²) in [4.78, 5) is 25.7. The molecule has 2 rings (SSSR count). The minimum Gasteiger partial charge on any atom is -0.389 e. The van der Waals surface area contributed by atoms with E-state index in [1.807, 2.05) is 13.8 Å². The zero-order valence-electron chi connectivity index (χ0n) is 14.4. The number of rotatable bonds is 5. The Bertz CT molecular complexity index is 459. The number of carbonyl (C=O) groups is 2.